The van der Waals surface area contributed by atoms with Gasteiger partial charge in [-0.2, -0.15) is 0 Å². The van der Waals surface area contributed by atoms with Crippen molar-refractivity contribution in [2.45, 2.75) is 19.4 Å². The van der Waals surface area contributed by atoms with Gasteiger partial charge in [-0.1, -0.05) is 17.7 Å². The number of nitrogens with one attached hydrogen (secondary N) is 1. The molecular weight excluding hydrogens is 366 g/mol. The molecule has 5 nitrogen and oxygen atoms in total. The fourth-order valence-corrected chi connectivity index (χ4v) is 5.52. The summed E-state index contributed by atoms with van der Waals surface area (Å²) in [6.07, 6.45) is 0.757. The van der Waals surface area contributed by atoms with Crippen LogP contribution >= 0.6 is 23.8 Å². The first-order valence-corrected chi connectivity index (χ1v) is 10.7. The van der Waals surface area contributed by atoms with Crippen molar-refractivity contribution in [3.05, 3.63) is 28.8 Å². The van der Waals surface area contributed by atoms with Gasteiger partial charge >= 0.3 is 0 Å². The van der Waals surface area contributed by atoms with Gasteiger partial charge in [0.05, 0.1) is 11.5 Å². The molecule has 1 aromatic carbocycles. The zero-order chi connectivity index (χ0) is 17.3. The molecule has 24 heavy (non-hydrogen) atoms. The van der Waals surface area contributed by atoms with Crippen LogP contribution in [0.4, 0.5) is 5.69 Å². The Labute approximate surface area is 153 Å². The molecule has 2 fully saturated rings. The Balaban J connectivity index is 1.55. The summed E-state index contributed by atoms with van der Waals surface area (Å²) in [5.74, 6) is 0.628. The van der Waals surface area contributed by atoms with Gasteiger partial charge in [-0.15, -0.1) is 0 Å². The minimum Gasteiger partial charge on any atom is -0.346 e. The van der Waals surface area contributed by atoms with E-state index in [-0.39, 0.29) is 6.04 Å². The molecule has 0 radical (unpaired) electrons. The average Bonchev–Trinajstić information content (AvgIpc) is 2.92. The Morgan fingerprint density at radius 3 is 2.62 bits per heavy atom. The molecule has 0 saturated carbocycles. The van der Waals surface area contributed by atoms with E-state index in [2.05, 4.69) is 15.1 Å². The van der Waals surface area contributed by atoms with Gasteiger partial charge in [-0.25, -0.2) is 8.42 Å². The highest BCUT2D eigenvalue weighted by Crippen LogP contribution is 2.24. The quantitative estimate of drug-likeness (QED) is 0.785. The standard InChI is InChI=1S/C16H22ClN3O2S2/c1-12-14(17)3-2-4-15(12)18-16(23)20-8-6-19(7-9-20)13-5-10-24(21,22)11-13/h2-4,13H,5-11H2,1H3,(H,18,23)/t13-/m0/s1. The monoisotopic (exact) mass is 387 g/mol. The predicted molar refractivity (Wildman–Crippen MR) is 103 cm³/mol. The third kappa shape index (κ3) is 4.02. The molecule has 2 aliphatic heterocycles. The van der Waals surface area contributed by atoms with Crippen LogP contribution < -0.4 is 5.32 Å². The highest BCUT2D eigenvalue weighted by atomic mass is 35.5. The van der Waals surface area contributed by atoms with Gasteiger partial charge < -0.3 is 10.2 Å². The van der Waals surface area contributed by atoms with Gasteiger partial charge in [0.2, 0.25) is 0 Å². The van der Waals surface area contributed by atoms with Crippen molar-refractivity contribution < 1.29 is 8.42 Å². The summed E-state index contributed by atoms with van der Waals surface area (Å²) in [5, 5.41) is 4.69. The lowest BCUT2D eigenvalue weighted by Gasteiger charge is -2.38. The molecule has 0 amide bonds. The van der Waals surface area contributed by atoms with Gasteiger partial charge in [0.15, 0.2) is 14.9 Å². The van der Waals surface area contributed by atoms with E-state index in [1.165, 1.54) is 0 Å². The molecule has 0 bridgehead atoms. The van der Waals surface area contributed by atoms with E-state index in [1.54, 1.807) is 0 Å². The lowest BCUT2D eigenvalue weighted by atomic mass is 10.2. The van der Waals surface area contributed by atoms with E-state index >= 15 is 0 Å². The number of anilines is 1. The minimum atomic E-state index is -2.83. The Bertz CT molecular complexity index is 731. The number of rotatable bonds is 2. The molecular formula is C16H22ClN3O2S2. The first-order chi connectivity index (χ1) is 11.4. The largest absolute Gasteiger partial charge is 0.346 e. The number of benzene rings is 1. The molecule has 0 aromatic heterocycles. The van der Waals surface area contributed by atoms with Crippen LogP contribution in [0.25, 0.3) is 0 Å². The van der Waals surface area contributed by atoms with Crippen molar-refractivity contribution in [3.63, 3.8) is 0 Å². The van der Waals surface area contributed by atoms with Gasteiger partial charge in [0.1, 0.15) is 0 Å². The van der Waals surface area contributed by atoms with E-state index < -0.39 is 9.84 Å². The number of nitrogens with zero attached hydrogens (tertiary/aromatic N) is 2. The van der Waals surface area contributed by atoms with Crippen molar-refractivity contribution in [1.82, 2.24) is 9.80 Å². The van der Waals surface area contributed by atoms with Crippen molar-refractivity contribution >= 4 is 44.5 Å². The number of hydrogen-bond donors (Lipinski definition) is 1. The zero-order valence-corrected chi connectivity index (χ0v) is 16.1. The first-order valence-electron chi connectivity index (χ1n) is 8.11. The number of halogens is 1. The van der Waals surface area contributed by atoms with Crippen molar-refractivity contribution in [2.75, 3.05) is 43.0 Å². The molecule has 3 rings (SSSR count). The zero-order valence-electron chi connectivity index (χ0n) is 13.7. The summed E-state index contributed by atoms with van der Waals surface area (Å²) in [5.41, 5.74) is 1.91. The second kappa shape index (κ2) is 7.15. The average molecular weight is 388 g/mol. The molecule has 1 atom stereocenters. The van der Waals surface area contributed by atoms with Gasteiger partial charge in [-0.3, -0.25) is 4.90 Å². The topological polar surface area (TPSA) is 52.6 Å². The van der Waals surface area contributed by atoms with E-state index in [0.29, 0.717) is 16.6 Å². The van der Waals surface area contributed by atoms with Crippen LogP contribution in [0, 0.1) is 6.92 Å². The minimum absolute atomic E-state index is 0.175. The van der Waals surface area contributed by atoms with E-state index in [9.17, 15) is 8.42 Å². The predicted octanol–water partition coefficient (Wildman–Crippen LogP) is 2.15. The lowest BCUT2D eigenvalue weighted by Crippen LogP contribution is -2.53. The molecule has 0 unspecified atom stereocenters. The third-order valence-electron chi connectivity index (χ3n) is 4.84. The second-order valence-electron chi connectivity index (χ2n) is 6.42. The lowest BCUT2D eigenvalue weighted by molar-refractivity contribution is 0.144. The Morgan fingerprint density at radius 1 is 1.29 bits per heavy atom. The van der Waals surface area contributed by atoms with Gasteiger partial charge in [0.25, 0.3) is 0 Å². The molecule has 1 aromatic rings. The van der Waals surface area contributed by atoms with Gasteiger partial charge in [-0.05, 0) is 43.3 Å². The number of piperazine rings is 1. The number of thiocarbonyl (C=S) groups is 1. The Hall–Kier alpha value is -0.890. The summed E-state index contributed by atoms with van der Waals surface area (Å²) in [4.78, 5) is 4.42. The molecule has 2 saturated heterocycles. The smallest absolute Gasteiger partial charge is 0.173 e. The van der Waals surface area contributed by atoms with Crippen LogP contribution in [-0.2, 0) is 9.84 Å². The molecule has 0 spiro atoms. The van der Waals surface area contributed by atoms with Crippen LogP contribution in [0.1, 0.15) is 12.0 Å². The van der Waals surface area contributed by atoms with Crippen LogP contribution in [0.15, 0.2) is 18.2 Å². The van der Waals surface area contributed by atoms with E-state index in [0.717, 1.165) is 48.9 Å². The van der Waals surface area contributed by atoms with E-state index in [1.807, 2.05) is 25.1 Å². The summed E-state index contributed by atoms with van der Waals surface area (Å²) < 4.78 is 23.3. The first kappa shape index (κ1) is 17.9. The highest BCUT2D eigenvalue weighted by Gasteiger charge is 2.33. The summed E-state index contributed by atoms with van der Waals surface area (Å²) in [6, 6.07) is 5.90. The summed E-state index contributed by atoms with van der Waals surface area (Å²) in [7, 11) is -2.83. The van der Waals surface area contributed by atoms with Crippen LogP contribution in [0.3, 0.4) is 0 Å². The van der Waals surface area contributed by atoms with Crippen molar-refractivity contribution in [1.29, 1.82) is 0 Å². The normalized spacial score (nSPS) is 24.1. The molecule has 2 aliphatic rings. The van der Waals surface area contributed by atoms with Gasteiger partial charge in [0, 0.05) is 42.9 Å². The second-order valence-corrected chi connectivity index (χ2v) is 9.45. The molecule has 1 N–H and O–H groups in total. The highest BCUT2D eigenvalue weighted by molar-refractivity contribution is 7.91. The van der Waals surface area contributed by atoms with Crippen LogP contribution in [0.5, 0.6) is 0 Å². The number of hydrogen-bond acceptors (Lipinski definition) is 4. The molecule has 8 heteroatoms. The van der Waals surface area contributed by atoms with Crippen LogP contribution in [-0.4, -0.2) is 67.1 Å². The van der Waals surface area contributed by atoms with Crippen molar-refractivity contribution in [2.24, 2.45) is 0 Å². The number of sulfone groups is 1. The maximum absolute atomic E-state index is 11.6. The van der Waals surface area contributed by atoms with Crippen molar-refractivity contribution in [3.8, 4) is 0 Å². The molecule has 2 heterocycles. The summed E-state index contributed by atoms with van der Waals surface area (Å²) >= 11 is 11.7. The third-order valence-corrected chi connectivity index (χ3v) is 7.36. The Kier molecular flexibility index (Phi) is 5.34. The maximum Gasteiger partial charge on any atom is 0.173 e. The van der Waals surface area contributed by atoms with Crippen LogP contribution in [0.2, 0.25) is 5.02 Å². The Morgan fingerprint density at radius 2 is 2.00 bits per heavy atom. The fourth-order valence-electron chi connectivity index (χ4n) is 3.29. The summed E-state index contributed by atoms with van der Waals surface area (Å²) in [6.45, 7) is 5.27. The van der Waals surface area contributed by atoms with E-state index in [4.69, 9.17) is 23.8 Å². The fraction of sp³-hybridized carbons (Fsp3) is 0.562. The molecule has 0 aliphatic carbocycles. The molecule has 132 valence electrons. The SMILES string of the molecule is Cc1c(Cl)cccc1NC(=S)N1CCN([C@H]2CCS(=O)(=O)C2)CC1. The maximum atomic E-state index is 11.6.